The number of hydrogen-bond donors (Lipinski definition) is 1. The summed E-state index contributed by atoms with van der Waals surface area (Å²) in [6.07, 6.45) is 1.49. The summed E-state index contributed by atoms with van der Waals surface area (Å²) >= 11 is 3.27. The summed E-state index contributed by atoms with van der Waals surface area (Å²) in [6, 6.07) is 4.21. The van der Waals surface area contributed by atoms with Crippen LogP contribution in [0.15, 0.2) is 29.0 Å². The molecule has 0 aliphatic carbocycles. The van der Waals surface area contributed by atoms with Crippen molar-refractivity contribution in [3.05, 3.63) is 51.6 Å². The smallest absolute Gasteiger partial charge is 0.209 e. The van der Waals surface area contributed by atoms with Gasteiger partial charge in [-0.05, 0) is 28.1 Å². The van der Waals surface area contributed by atoms with Crippen molar-refractivity contribution in [1.82, 2.24) is 14.4 Å². The fraction of sp³-hybridized carbons (Fsp3) is 0.188. The lowest BCUT2D eigenvalue weighted by molar-refractivity contribution is 0.356. The molecule has 1 aliphatic rings. The van der Waals surface area contributed by atoms with E-state index in [0.29, 0.717) is 10.1 Å². The van der Waals surface area contributed by atoms with Gasteiger partial charge in [0.2, 0.25) is 5.95 Å². The molecule has 24 heavy (non-hydrogen) atoms. The van der Waals surface area contributed by atoms with E-state index in [1.807, 2.05) is 6.07 Å². The van der Waals surface area contributed by atoms with E-state index in [2.05, 4.69) is 31.2 Å². The van der Waals surface area contributed by atoms with Crippen LogP contribution in [0, 0.1) is 17.1 Å². The number of imidazole rings is 1. The molecule has 3 aromatic rings. The third kappa shape index (κ3) is 2.37. The number of benzene rings is 1. The summed E-state index contributed by atoms with van der Waals surface area (Å²) < 4.78 is 54.3. The van der Waals surface area contributed by atoms with Crippen molar-refractivity contribution in [3.8, 4) is 11.8 Å². The first-order valence-electron chi connectivity index (χ1n) is 8.94. The number of nitrogens with zero attached hydrogens (tertiary/aromatic N) is 4. The van der Waals surface area contributed by atoms with Crippen molar-refractivity contribution in [1.29, 1.82) is 5.26 Å². The fourth-order valence-corrected chi connectivity index (χ4v) is 2.74. The van der Waals surface area contributed by atoms with Crippen LogP contribution in [-0.4, -0.2) is 21.0 Å². The van der Waals surface area contributed by atoms with Gasteiger partial charge in [-0.15, -0.1) is 0 Å². The van der Waals surface area contributed by atoms with Gasteiger partial charge in [0.15, 0.2) is 11.3 Å². The predicted octanol–water partition coefficient (Wildman–Crippen LogP) is 3.05. The molecule has 6 nitrogen and oxygen atoms in total. The van der Waals surface area contributed by atoms with Gasteiger partial charge in [0.1, 0.15) is 17.6 Å². The van der Waals surface area contributed by atoms with E-state index < -0.39 is 30.9 Å². The average molecular weight is 392 g/mol. The molecule has 0 saturated carbocycles. The molecule has 0 bridgehead atoms. The maximum Gasteiger partial charge on any atom is 0.209 e. The quantitative estimate of drug-likeness (QED) is 0.742. The molecule has 0 radical (unpaired) electrons. The summed E-state index contributed by atoms with van der Waals surface area (Å²) in [5, 5.41) is 11.6. The van der Waals surface area contributed by atoms with Crippen LogP contribution in [0.2, 0.25) is 0 Å². The molecular formula is C16H11BrFN5O. The minimum Gasteiger partial charge on any atom is -0.493 e. The SMILES string of the molecule is [2H]C1Oc2ccc(F)c(C([2H])([2H])Nc3ncc(Br)c4nc(C#N)cn34)c2C1[2H]. The lowest BCUT2D eigenvalue weighted by Gasteiger charge is -2.12. The second kappa shape index (κ2) is 5.76. The van der Waals surface area contributed by atoms with Gasteiger partial charge in [-0.1, -0.05) is 0 Å². The number of hydrogen-bond acceptors (Lipinski definition) is 5. The summed E-state index contributed by atoms with van der Waals surface area (Å²) in [7, 11) is 0. The molecule has 3 heterocycles. The summed E-state index contributed by atoms with van der Waals surface area (Å²) in [5.74, 6) is -0.787. The number of rotatable bonds is 3. The highest BCUT2D eigenvalue weighted by molar-refractivity contribution is 9.10. The highest BCUT2D eigenvalue weighted by Gasteiger charge is 2.20. The number of halogens is 2. The van der Waals surface area contributed by atoms with E-state index in [9.17, 15) is 4.39 Å². The maximum absolute atomic E-state index is 14.6. The normalized spacial score (nSPS) is 21.9. The summed E-state index contributed by atoms with van der Waals surface area (Å²) in [5.41, 5.74) is -0.00950. The van der Waals surface area contributed by atoms with Crippen LogP contribution < -0.4 is 10.1 Å². The third-order valence-electron chi connectivity index (χ3n) is 3.45. The third-order valence-corrected chi connectivity index (χ3v) is 4.01. The van der Waals surface area contributed by atoms with E-state index in [1.165, 1.54) is 22.9 Å². The standard InChI is InChI=1S/C16H11BrFN5O/c17-12-7-21-16(23-8-9(5-19)22-15(12)23)20-6-11-10-3-4-24-14(10)2-1-13(11)18/h1-2,7-8H,3-4,6H2,(H,20,21)/i3D,4D,6D2. The van der Waals surface area contributed by atoms with Gasteiger partial charge >= 0.3 is 0 Å². The zero-order valence-corrected chi connectivity index (χ0v) is 13.5. The molecule has 1 N–H and O–H groups in total. The Bertz CT molecular complexity index is 1150. The van der Waals surface area contributed by atoms with Crippen LogP contribution in [0.4, 0.5) is 10.3 Å². The Kier molecular flexibility index (Phi) is 2.64. The van der Waals surface area contributed by atoms with Gasteiger partial charge in [0.05, 0.1) is 21.4 Å². The number of fused-ring (bicyclic) bond motifs is 2. The topological polar surface area (TPSA) is 75.2 Å². The van der Waals surface area contributed by atoms with Crippen LogP contribution >= 0.6 is 15.9 Å². The zero-order valence-electron chi connectivity index (χ0n) is 15.9. The number of nitriles is 1. The van der Waals surface area contributed by atoms with Gasteiger partial charge in [0, 0.05) is 31.6 Å². The number of aromatic nitrogens is 3. The van der Waals surface area contributed by atoms with Crippen molar-refractivity contribution in [3.63, 3.8) is 0 Å². The molecule has 4 rings (SSSR count). The summed E-state index contributed by atoms with van der Waals surface area (Å²) in [6.45, 7) is -3.76. The molecule has 0 amide bonds. The molecule has 120 valence electrons. The number of anilines is 1. The van der Waals surface area contributed by atoms with E-state index in [1.54, 1.807) is 0 Å². The minimum absolute atomic E-state index is 0.0166. The fourth-order valence-electron chi connectivity index (χ4n) is 2.36. The van der Waals surface area contributed by atoms with Crippen LogP contribution in [0.5, 0.6) is 5.75 Å². The Morgan fingerprint density at radius 3 is 3.29 bits per heavy atom. The molecule has 1 aliphatic heterocycles. The Hall–Kier alpha value is -2.66. The van der Waals surface area contributed by atoms with Crippen molar-refractivity contribution >= 4 is 27.5 Å². The van der Waals surface area contributed by atoms with Gasteiger partial charge in [0.25, 0.3) is 0 Å². The van der Waals surface area contributed by atoms with E-state index >= 15 is 0 Å². The van der Waals surface area contributed by atoms with E-state index in [-0.39, 0.29) is 23.0 Å². The molecule has 2 atom stereocenters. The summed E-state index contributed by atoms with van der Waals surface area (Å²) in [4.78, 5) is 8.20. The molecule has 2 unspecified atom stereocenters. The lowest BCUT2D eigenvalue weighted by atomic mass is 10.0. The zero-order chi connectivity index (χ0) is 20.2. The molecule has 0 saturated heterocycles. The first-order chi connectivity index (χ1) is 13.2. The maximum atomic E-state index is 14.6. The second-order valence-electron chi connectivity index (χ2n) is 4.87. The van der Waals surface area contributed by atoms with Crippen molar-refractivity contribution in [2.45, 2.75) is 12.9 Å². The van der Waals surface area contributed by atoms with Crippen molar-refractivity contribution in [2.24, 2.45) is 0 Å². The predicted molar refractivity (Wildman–Crippen MR) is 88.3 cm³/mol. The lowest BCUT2D eigenvalue weighted by Crippen LogP contribution is -2.09. The van der Waals surface area contributed by atoms with Gasteiger partial charge in [-0.3, -0.25) is 4.40 Å². The average Bonchev–Trinajstić information content (AvgIpc) is 3.20. The largest absolute Gasteiger partial charge is 0.493 e. The van der Waals surface area contributed by atoms with E-state index in [0.717, 1.165) is 6.07 Å². The van der Waals surface area contributed by atoms with Gasteiger partial charge in [-0.2, -0.15) is 5.26 Å². The Labute approximate surface area is 150 Å². The molecule has 1 aromatic carbocycles. The Morgan fingerprint density at radius 1 is 1.58 bits per heavy atom. The van der Waals surface area contributed by atoms with Gasteiger partial charge < -0.3 is 10.1 Å². The van der Waals surface area contributed by atoms with E-state index in [4.69, 9.17) is 15.5 Å². The van der Waals surface area contributed by atoms with Crippen molar-refractivity contribution in [2.75, 3.05) is 11.9 Å². The molecular weight excluding hydrogens is 377 g/mol. The van der Waals surface area contributed by atoms with Crippen LogP contribution in [-0.2, 0) is 12.9 Å². The first kappa shape index (κ1) is 11.0. The first-order valence-corrected chi connectivity index (χ1v) is 7.58. The number of nitrogens with one attached hydrogen (secondary N) is 1. The Morgan fingerprint density at radius 2 is 2.46 bits per heavy atom. The molecule has 0 spiro atoms. The monoisotopic (exact) mass is 391 g/mol. The van der Waals surface area contributed by atoms with Gasteiger partial charge in [-0.25, -0.2) is 14.4 Å². The minimum atomic E-state index is -2.49. The van der Waals surface area contributed by atoms with Crippen LogP contribution in [0.1, 0.15) is 22.3 Å². The highest BCUT2D eigenvalue weighted by atomic mass is 79.9. The van der Waals surface area contributed by atoms with Crippen molar-refractivity contribution < 1.29 is 14.6 Å². The van der Waals surface area contributed by atoms with Crippen LogP contribution in [0.3, 0.4) is 0 Å². The number of ether oxygens (including phenoxy) is 1. The Balaban J connectivity index is 1.83. The molecule has 2 aromatic heterocycles. The highest BCUT2D eigenvalue weighted by Crippen LogP contribution is 2.30. The van der Waals surface area contributed by atoms with Crippen LogP contribution in [0.25, 0.3) is 5.65 Å². The molecule has 8 heteroatoms. The second-order valence-corrected chi connectivity index (χ2v) is 5.72. The molecule has 0 fully saturated rings.